The van der Waals surface area contributed by atoms with E-state index in [9.17, 15) is 5.11 Å². The molecule has 2 aliphatic heterocycles. The average Bonchev–Trinajstić information content (AvgIpc) is 3.07. The molecule has 1 aromatic heterocycles. The Balaban J connectivity index is 1.76. The highest BCUT2D eigenvalue weighted by molar-refractivity contribution is 7.99. The quantitative estimate of drug-likeness (QED) is 0.932. The summed E-state index contributed by atoms with van der Waals surface area (Å²) in [5.74, 6) is 2.56. The summed E-state index contributed by atoms with van der Waals surface area (Å²) >= 11 is 1.97. The highest BCUT2D eigenvalue weighted by Gasteiger charge is 2.42. The highest BCUT2D eigenvalue weighted by Crippen LogP contribution is 2.44. The molecule has 3 heterocycles. The van der Waals surface area contributed by atoms with Gasteiger partial charge in [0.1, 0.15) is 0 Å². The van der Waals surface area contributed by atoms with Crippen molar-refractivity contribution in [2.75, 3.05) is 18.1 Å². The third kappa shape index (κ3) is 2.63. The smallest absolute Gasteiger partial charge is 0.0985 e. The fraction of sp³-hybridized carbons (Fsp3) is 0.800. The van der Waals surface area contributed by atoms with E-state index in [1.165, 1.54) is 5.75 Å². The summed E-state index contributed by atoms with van der Waals surface area (Å²) in [5.41, 5.74) is 0.977. The summed E-state index contributed by atoms with van der Waals surface area (Å²) in [6, 6.07) is 0.331. The Kier molecular flexibility index (Phi) is 4.11. The molecule has 1 spiro atoms. The van der Waals surface area contributed by atoms with E-state index < -0.39 is 6.10 Å². The van der Waals surface area contributed by atoms with E-state index in [-0.39, 0.29) is 11.5 Å². The molecule has 1 N–H and O–H groups in total. The first-order chi connectivity index (χ1) is 9.61. The largest absolute Gasteiger partial charge is 0.387 e. The molecule has 20 heavy (non-hydrogen) atoms. The van der Waals surface area contributed by atoms with Crippen molar-refractivity contribution in [2.45, 2.75) is 50.9 Å². The van der Waals surface area contributed by atoms with Gasteiger partial charge in [-0.3, -0.25) is 0 Å². The number of aromatic nitrogens is 2. The van der Waals surface area contributed by atoms with E-state index in [0.717, 1.165) is 37.3 Å². The zero-order chi connectivity index (χ0) is 14.2. The molecule has 3 atom stereocenters. The van der Waals surface area contributed by atoms with Crippen molar-refractivity contribution in [3.05, 3.63) is 18.2 Å². The van der Waals surface area contributed by atoms with Crippen LogP contribution in [-0.4, -0.2) is 38.4 Å². The van der Waals surface area contributed by atoms with Crippen molar-refractivity contribution >= 4 is 11.8 Å². The van der Waals surface area contributed by atoms with Gasteiger partial charge in [0.05, 0.1) is 29.9 Å². The topological polar surface area (TPSA) is 47.3 Å². The highest BCUT2D eigenvalue weighted by atomic mass is 32.2. The van der Waals surface area contributed by atoms with Crippen LogP contribution < -0.4 is 0 Å². The Bertz CT molecular complexity index is 454. The number of imidazole rings is 1. The first-order valence-electron chi connectivity index (χ1n) is 7.53. The lowest BCUT2D eigenvalue weighted by molar-refractivity contribution is -0.103. The maximum Gasteiger partial charge on any atom is 0.0985 e. The maximum absolute atomic E-state index is 10.8. The molecule has 3 rings (SSSR count). The summed E-state index contributed by atoms with van der Waals surface area (Å²) < 4.78 is 8.13. The number of rotatable bonds is 3. The van der Waals surface area contributed by atoms with Crippen LogP contribution in [-0.2, 0) is 4.74 Å². The normalized spacial score (nSPS) is 32.1. The maximum atomic E-state index is 10.8. The van der Waals surface area contributed by atoms with Gasteiger partial charge in [-0.2, -0.15) is 11.8 Å². The monoisotopic (exact) mass is 296 g/mol. The molecule has 0 bridgehead atoms. The second kappa shape index (κ2) is 5.70. The molecule has 112 valence electrons. The van der Waals surface area contributed by atoms with Crippen LogP contribution in [0.3, 0.4) is 0 Å². The fourth-order valence-electron chi connectivity index (χ4n) is 3.42. The summed E-state index contributed by atoms with van der Waals surface area (Å²) in [6.45, 7) is 5.02. The van der Waals surface area contributed by atoms with E-state index in [1.54, 1.807) is 0 Å². The van der Waals surface area contributed by atoms with Crippen LogP contribution in [0.4, 0.5) is 0 Å². The zero-order valence-corrected chi connectivity index (χ0v) is 13.1. The summed E-state index contributed by atoms with van der Waals surface area (Å²) in [5, 5.41) is 10.8. The lowest BCUT2D eigenvalue weighted by atomic mass is 9.81. The van der Waals surface area contributed by atoms with E-state index >= 15 is 0 Å². The van der Waals surface area contributed by atoms with E-state index in [0.29, 0.717) is 6.04 Å². The Labute approximate surface area is 124 Å². The molecule has 0 aromatic carbocycles. The van der Waals surface area contributed by atoms with Crippen LogP contribution in [0.15, 0.2) is 12.5 Å². The average molecular weight is 296 g/mol. The van der Waals surface area contributed by atoms with Gasteiger partial charge in [0, 0.05) is 18.4 Å². The Morgan fingerprint density at radius 3 is 3.10 bits per heavy atom. The van der Waals surface area contributed by atoms with Crippen molar-refractivity contribution in [2.24, 2.45) is 5.92 Å². The second-order valence-electron chi connectivity index (χ2n) is 6.35. The number of nitrogens with zero attached hydrogens (tertiary/aromatic N) is 2. The first-order valence-corrected chi connectivity index (χ1v) is 8.68. The van der Waals surface area contributed by atoms with Gasteiger partial charge < -0.3 is 14.4 Å². The molecule has 3 unspecified atom stereocenters. The third-order valence-electron chi connectivity index (χ3n) is 4.60. The van der Waals surface area contributed by atoms with E-state index in [4.69, 9.17) is 4.74 Å². The number of hydrogen-bond donors (Lipinski definition) is 1. The van der Waals surface area contributed by atoms with Crippen LogP contribution in [0.5, 0.6) is 0 Å². The van der Waals surface area contributed by atoms with Crippen molar-refractivity contribution in [3.63, 3.8) is 0 Å². The molecule has 5 heteroatoms. The lowest BCUT2D eigenvalue weighted by Gasteiger charge is -2.39. The molecule has 2 fully saturated rings. The van der Waals surface area contributed by atoms with Crippen molar-refractivity contribution < 1.29 is 9.84 Å². The molecule has 0 amide bonds. The number of aliphatic hydroxyl groups is 1. The van der Waals surface area contributed by atoms with Crippen LogP contribution >= 0.6 is 11.8 Å². The van der Waals surface area contributed by atoms with E-state index in [2.05, 4.69) is 23.4 Å². The molecular weight excluding hydrogens is 272 g/mol. The Morgan fingerprint density at radius 2 is 2.40 bits per heavy atom. The molecule has 2 aliphatic rings. The molecular formula is C15H24N2O2S. The number of aliphatic hydroxyl groups excluding tert-OH is 1. The van der Waals surface area contributed by atoms with Crippen LogP contribution in [0.2, 0.25) is 0 Å². The van der Waals surface area contributed by atoms with Crippen molar-refractivity contribution in [3.8, 4) is 0 Å². The predicted molar refractivity (Wildman–Crippen MR) is 80.9 cm³/mol. The predicted octanol–water partition coefficient (Wildman–Crippen LogP) is 2.80. The minimum absolute atomic E-state index is 0.0250. The van der Waals surface area contributed by atoms with Gasteiger partial charge in [-0.25, -0.2) is 4.98 Å². The van der Waals surface area contributed by atoms with Crippen molar-refractivity contribution in [1.29, 1.82) is 0 Å². The molecule has 2 saturated heterocycles. The fourth-order valence-corrected chi connectivity index (χ4v) is 4.79. The van der Waals surface area contributed by atoms with Crippen LogP contribution in [0, 0.1) is 5.92 Å². The third-order valence-corrected chi connectivity index (χ3v) is 5.82. The van der Waals surface area contributed by atoms with Gasteiger partial charge in [-0.1, -0.05) is 0 Å². The van der Waals surface area contributed by atoms with E-state index in [1.807, 2.05) is 24.3 Å². The SMILES string of the molecule is CC(C)n1cncc1C(O)C1CCOC2(CCSC2)C1. The molecule has 4 nitrogen and oxygen atoms in total. The minimum Gasteiger partial charge on any atom is -0.387 e. The molecule has 0 radical (unpaired) electrons. The molecule has 1 aromatic rings. The van der Waals surface area contributed by atoms with Gasteiger partial charge in [0.15, 0.2) is 0 Å². The Hall–Kier alpha value is -0.520. The number of hydrogen-bond acceptors (Lipinski definition) is 4. The van der Waals surface area contributed by atoms with Gasteiger partial charge in [0.2, 0.25) is 0 Å². The van der Waals surface area contributed by atoms with Crippen LogP contribution in [0.1, 0.15) is 50.9 Å². The number of thioether (sulfide) groups is 1. The summed E-state index contributed by atoms with van der Waals surface area (Å²) in [6.07, 6.45) is 6.26. The van der Waals surface area contributed by atoms with Crippen LogP contribution in [0.25, 0.3) is 0 Å². The lowest BCUT2D eigenvalue weighted by Crippen LogP contribution is -2.41. The van der Waals surface area contributed by atoms with Gasteiger partial charge in [-0.15, -0.1) is 0 Å². The summed E-state index contributed by atoms with van der Waals surface area (Å²) in [7, 11) is 0. The first kappa shape index (κ1) is 14.4. The van der Waals surface area contributed by atoms with Gasteiger partial charge in [0.25, 0.3) is 0 Å². The Morgan fingerprint density at radius 1 is 1.55 bits per heavy atom. The van der Waals surface area contributed by atoms with Gasteiger partial charge in [-0.05, 0) is 44.8 Å². The standard InChI is InChI=1S/C15H24N2O2S/c1-11(2)17-10-16-8-13(17)14(18)12-3-5-19-15(7-12)4-6-20-9-15/h8,10-12,14,18H,3-7,9H2,1-2H3. The zero-order valence-electron chi connectivity index (χ0n) is 12.3. The molecule has 0 saturated carbocycles. The second-order valence-corrected chi connectivity index (χ2v) is 7.46. The van der Waals surface area contributed by atoms with Crippen molar-refractivity contribution in [1.82, 2.24) is 9.55 Å². The molecule has 0 aliphatic carbocycles. The minimum atomic E-state index is -0.425. The number of ether oxygens (including phenoxy) is 1. The van der Waals surface area contributed by atoms with Gasteiger partial charge >= 0.3 is 0 Å². The summed E-state index contributed by atoms with van der Waals surface area (Å²) in [4.78, 5) is 4.22.